The van der Waals surface area contributed by atoms with E-state index in [0.29, 0.717) is 18.8 Å². The summed E-state index contributed by atoms with van der Waals surface area (Å²) in [7, 11) is 0. The van der Waals surface area contributed by atoms with Crippen LogP contribution >= 0.6 is 0 Å². The molecule has 2 N–H and O–H groups in total. The predicted octanol–water partition coefficient (Wildman–Crippen LogP) is 0.767. The number of likely N-dealkylation sites (tertiary alicyclic amines) is 1. The first-order valence-corrected chi connectivity index (χ1v) is 8.03. The number of hydrogen-bond donors (Lipinski definition) is 2. The van der Waals surface area contributed by atoms with Gasteiger partial charge < -0.3 is 24.4 Å². The number of nitrogens with zero attached hydrogens (tertiary/aromatic N) is 1. The highest BCUT2D eigenvalue weighted by Crippen LogP contribution is 2.20. The summed E-state index contributed by atoms with van der Waals surface area (Å²) in [6.45, 7) is 1.30. The zero-order chi connectivity index (χ0) is 17.6. The molecule has 0 aliphatic carbocycles. The molecule has 3 amide bonds. The van der Waals surface area contributed by atoms with E-state index < -0.39 is 0 Å². The van der Waals surface area contributed by atoms with Crippen LogP contribution in [0.4, 0.5) is 0 Å². The predicted molar refractivity (Wildman–Crippen MR) is 86.3 cm³/mol. The molecule has 1 aliphatic heterocycles. The molecule has 8 nitrogen and oxygen atoms in total. The second-order valence-electron chi connectivity index (χ2n) is 5.78. The van der Waals surface area contributed by atoms with E-state index in [0.717, 1.165) is 0 Å². The largest absolute Gasteiger partial charge is 0.467 e. The molecule has 3 heterocycles. The second kappa shape index (κ2) is 7.69. The van der Waals surface area contributed by atoms with Gasteiger partial charge in [-0.15, -0.1) is 0 Å². The van der Waals surface area contributed by atoms with E-state index in [-0.39, 0.29) is 48.9 Å². The van der Waals surface area contributed by atoms with Crippen LogP contribution in [0.2, 0.25) is 0 Å². The summed E-state index contributed by atoms with van der Waals surface area (Å²) in [6.07, 6.45) is 3.16. The van der Waals surface area contributed by atoms with E-state index in [1.165, 1.54) is 6.26 Å². The van der Waals surface area contributed by atoms with Gasteiger partial charge in [-0.05, 0) is 24.3 Å². The highest BCUT2D eigenvalue weighted by Gasteiger charge is 2.34. The molecule has 8 heteroatoms. The molecule has 0 spiro atoms. The third kappa shape index (κ3) is 4.28. The molecule has 1 saturated heterocycles. The highest BCUT2D eigenvalue weighted by atomic mass is 16.3. The number of amides is 3. The summed E-state index contributed by atoms with van der Waals surface area (Å²) >= 11 is 0. The molecule has 0 radical (unpaired) electrons. The van der Waals surface area contributed by atoms with E-state index in [2.05, 4.69) is 10.6 Å². The van der Waals surface area contributed by atoms with Crippen molar-refractivity contribution >= 4 is 17.7 Å². The van der Waals surface area contributed by atoms with Crippen molar-refractivity contribution in [2.24, 2.45) is 5.92 Å². The van der Waals surface area contributed by atoms with Crippen molar-refractivity contribution in [2.45, 2.75) is 13.0 Å². The number of carbonyl (C=O) groups is 3. The Balaban J connectivity index is 1.38. The quantitative estimate of drug-likeness (QED) is 0.721. The molecule has 25 heavy (non-hydrogen) atoms. The Morgan fingerprint density at radius 1 is 1.12 bits per heavy atom. The Bertz CT molecular complexity index is 724. The standard InChI is InChI=1S/C17H19N3O5/c21-15-9-12(10-20(15)11-13-3-1-7-24-13)16(22)18-5-6-19-17(23)14-4-2-8-25-14/h1-4,7-8,12H,5-6,9-11H2,(H,18,22)(H,19,23)/t12-/m0/s1. The summed E-state index contributed by atoms with van der Waals surface area (Å²) in [4.78, 5) is 37.4. The molecule has 2 aromatic rings. The summed E-state index contributed by atoms with van der Waals surface area (Å²) in [6, 6.07) is 6.74. The number of nitrogens with one attached hydrogen (secondary N) is 2. The Labute approximate surface area is 144 Å². The van der Waals surface area contributed by atoms with Gasteiger partial charge in [-0.25, -0.2) is 0 Å². The van der Waals surface area contributed by atoms with Gasteiger partial charge in [-0.2, -0.15) is 0 Å². The normalized spacial score (nSPS) is 16.9. The maximum absolute atomic E-state index is 12.2. The van der Waals surface area contributed by atoms with Crippen molar-refractivity contribution in [3.05, 3.63) is 48.3 Å². The monoisotopic (exact) mass is 345 g/mol. The van der Waals surface area contributed by atoms with Crippen LogP contribution in [0.1, 0.15) is 22.7 Å². The highest BCUT2D eigenvalue weighted by molar-refractivity contribution is 5.91. The van der Waals surface area contributed by atoms with Gasteiger partial charge in [0.05, 0.1) is 25.0 Å². The third-order valence-electron chi connectivity index (χ3n) is 3.97. The lowest BCUT2D eigenvalue weighted by Gasteiger charge is -2.15. The van der Waals surface area contributed by atoms with E-state index >= 15 is 0 Å². The molecule has 0 saturated carbocycles. The topological polar surface area (TPSA) is 105 Å². The third-order valence-corrected chi connectivity index (χ3v) is 3.97. The zero-order valence-electron chi connectivity index (χ0n) is 13.6. The van der Waals surface area contributed by atoms with Gasteiger partial charge >= 0.3 is 0 Å². The first kappa shape index (κ1) is 16.8. The molecule has 1 atom stereocenters. The van der Waals surface area contributed by atoms with Gasteiger partial charge in [0.2, 0.25) is 11.8 Å². The summed E-state index contributed by atoms with van der Waals surface area (Å²) in [5.41, 5.74) is 0. The van der Waals surface area contributed by atoms with Crippen LogP contribution in [0, 0.1) is 5.92 Å². The molecular weight excluding hydrogens is 326 g/mol. The maximum Gasteiger partial charge on any atom is 0.287 e. The minimum Gasteiger partial charge on any atom is -0.467 e. The maximum atomic E-state index is 12.2. The van der Waals surface area contributed by atoms with Crippen molar-refractivity contribution < 1.29 is 23.2 Å². The van der Waals surface area contributed by atoms with E-state index in [1.54, 1.807) is 35.4 Å². The molecule has 1 aliphatic rings. The Morgan fingerprint density at radius 3 is 2.60 bits per heavy atom. The van der Waals surface area contributed by atoms with Gasteiger partial charge in [-0.3, -0.25) is 14.4 Å². The number of rotatable bonds is 7. The molecule has 0 unspecified atom stereocenters. The van der Waals surface area contributed by atoms with Crippen LogP contribution in [-0.4, -0.2) is 42.3 Å². The second-order valence-corrected chi connectivity index (χ2v) is 5.78. The van der Waals surface area contributed by atoms with Gasteiger partial charge in [0.1, 0.15) is 5.76 Å². The van der Waals surface area contributed by atoms with Crippen molar-refractivity contribution in [3.8, 4) is 0 Å². The number of furan rings is 2. The fourth-order valence-electron chi connectivity index (χ4n) is 2.69. The van der Waals surface area contributed by atoms with Gasteiger partial charge in [0, 0.05) is 26.1 Å². The van der Waals surface area contributed by atoms with Crippen LogP contribution in [-0.2, 0) is 16.1 Å². The first-order valence-electron chi connectivity index (χ1n) is 8.03. The Hall–Kier alpha value is -3.03. The molecule has 3 rings (SSSR count). The lowest BCUT2D eigenvalue weighted by molar-refractivity contribution is -0.129. The molecule has 2 aromatic heterocycles. The van der Waals surface area contributed by atoms with Crippen LogP contribution in [0.3, 0.4) is 0 Å². The summed E-state index contributed by atoms with van der Waals surface area (Å²) in [5, 5.41) is 5.38. The van der Waals surface area contributed by atoms with Crippen molar-refractivity contribution in [1.82, 2.24) is 15.5 Å². The lowest BCUT2D eigenvalue weighted by Crippen LogP contribution is -2.38. The van der Waals surface area contributed by atoms with E-state index in [9.17, 15) is 14.4 Å². The van der Waals surface area contributed by atoms with Gasteiger partial charge in [-0.1, -0.05) is 0 Å². The van der Waals surface area contributed by atoms with Gasteiger partial charge in [0.25, 0.3) is 5.91 Å². The van der Waals surface area contributed by atoms with Crippen molar-refractivity contribution in [3.63, 3.8) is 0 Å². The average Bonchev–Trinajstić information content (AvgIpc) is 3.34. The number of hydrogen-bond acceptors (Lipinski definition) is 5. The Kier molecular flexibility index (Phi) is 5.17. The fourth-order valence-corrected chi connectivity index (χ4v) is 2.69. The average molecular weight is 345 g/mol. The Morgan fingerprint density at radius 2 is 1.88 bits per heavy atom. The summed E-state index contributed by atoms with van der Waals surface area (Å²) < 4.78 is 10.2. The van der Waals surface area contributed by atoms with Crippen LogP contribution in [0.15, 0.2) is 45.6 Å². The molecule has 1 fully saturated rings. The molecule has 132 valence electrons. The van der Waals surface area contributed by atoms with Crippen LogP contribution < -0.4 is 10.6 Å². The zero-order valence-corrected chi connectivity index (χ0v) is 13.6. The van der Waals surface area contributed by atoms with Crippen molar-refractivity contribution in [1.29, 1.82) is 0 Å². The lowest BCUT2D eigenvalue weighted by atomic mass is 10.1. The van der Waals surface area contributed by atoms with Crippen LogP contribution in [0.5, 0.6) is 0 Å². The number of carbonyl (C=O) groups excluding carboxylic acids is 3. The smallest absolute Gasteiger partial charge is 0.287 e. The molecule has 0 bridgehead atoms. The summed E-state index contributed by atoms with van der Waals surface area (Å²) in [5.74, 6) is -0.0651. The molecule has 0 aromatic carbocycles. The van der Waals surface area contributed by atoms with Crippen LogP contribution in [0.25, 0.3) is 0 Å². The first-order chi connectivity index (χ1) is 12.1. The molecular formula is C17H19N3O5. The van der Waals surface area contributed by atoms with E-state index in [1.807, 2.05) is 0 Å². The fraction of sp³-hybridized carbons (Fsp3) is 0.353. The van der Waals surface area contributed by atoms with Gasteiger partial charge in [0.15, 0.2) is 5.76 Å². The SMILES string of the molecule is O=C(NCCNC(=O)[C@H]1CC(=O)N(Cc2ccco2)C1)c1ccco1. The van der Waals surface area contributed by atoms with E-state index in [4.69, 9.17) is 8.83 Å². The minimum atomic E-state index is -0.386. The minimum absolute atomic E-state index is 0.0670. The van der Waals surface area contributed by atoms with Crippen molar-refractivity contribution in [2.75, 3.05) is 19.6 Å².